The average Bonchev–Trinajstić information content (AvgIpc) is 2.83. The van der Waals surface area contributed by atoms with Gasteiger partial charge in [-0.2, -0.15) is 0 Å². The zero-order valence-electron chi connectivity index (χ0n) is 10.8. The molecular formula is C14H12N2O3Se. The molecule has 1 heterocycles. The first-order valence-corrected chi connectivity index (χ1v) is 8.08. The Bertz CT molecular complexity index is 605. The molecule has 1 amide bonds. The summed E-state index contributed by atoms with van der Waals surface area (Å²) in [7, 11) is 0. The van der Waals surface area contributed by atoms with E-state index in [0.29, 0.717) is 15.6 Å². The second kappa shape index (κ2) is 6.38. The van der Waals surface area contributed by atoms with E-state index < -0.39 is 5.97 Å². The van der Waals surface area contributed by atoms with E-state index in [1.807, 2.05) is 24.3 Å². The van der Waals surface area contributed by atoms with Crippen LogP contribution in [0, 0.1) is 11.3 Å². The molecule has 0 aromatic heterocycles. The number of carbonyl (C=O) groups is 2. The molecule has 1 fully saturated rings. The molecule has 1 aromatic carbocycles. The molecule has 1 aromatic rings. The van der Waals surface area contributed by atoms with Gasteiger partial charge in [-0.15, -0.1) is 0 Å². The van der Waals surface area contributed by atoms with Crippen LogP contribution >= 0.6 is 0 Å². The Kier molecular flexibility index (Phi) is 4.57. The van der Waals surface area contributed by atoms with Crippen molar-refractivity contribution in [3.8, 4) is 6.07 Å². The first-order valence-electron chi connectivity index (χ1n) is 6.01. The van der Waals surface area contributed by atoms with Gasteiger partial charge in [-0.3, -0.25) is 0 Å². The summed E-state index contributed by atoms with van der Waals surface area (Å²) in [5.41, 5.74) is 0.602. The molecule has 0 radical (unpaired) electrons. The third-order valence-corrected chi connectivity index (χ3v) is 4.81. The molecule has 5 nitrogen and oxygen atoms in total. The minimum absolute atomic E-state index is 0.0680. The Morgan fingerprint density at radius 3 is 2.75 bits per heavy atom. The Hall–Kier alpha value is -2.09. The molecule has 0 aliphatic carbocycles. The number of ether oxygens (including phenoxy) is 1. The molecule has 0 atom stereocenters. The van der Waals surface area contributed by atoms with Crippen LogP contribution in [0.3, 0.4) is 0 Å². The van der Waals surface area contributed by atoms with Crippen LogP contribution in [0.4, 0.5) is 5.69 Å². The number of nitriles is 1. The van der Waals surface area contributed by atoms with Crippen LogP contribution in [0.2, 0.25) is 5.32 Å². The van der Waals surface area contributed by atoms with E-state index in [-0.39, 0.29) is 33.0 Å². The number of hydrogen-bond donors (Lipinski definition) is 0. The van der Waals surface area contributed by atoms with E-state index in [2.05, 4.69) is 0 Å². The van der Waals surface area contributed by atoms with Crippen LogP contribution in [0.1, 0.15) is 6.92 Å². The topological polar surface area (TPSA) is 70.4 Å². The van der Waals surface area contributed by atoms with Gasteiger partial charge in [0.15, 0.2) is 0 Å². The third kappa shape index (κ3) is 2.74. The molecule has 6 heteroatoms. The van der Waals surface area contributed by atoms with Crippen molar-refractivity contribution in [1.29, 1.82) is 5.26 Å². The number of rotatable bonds is 3. The predicted octanol–water partition coefficient (Wildman–Crippen LogP) is 1.45. The monoisotopic (exact) mass is 336 g/mol. The Balaban J connectivity index is 2.46. The molecular weight excluding hydrogens is 323 g/mol. The van der Waals surface area contributed by atoms with E-state index in [1.165, 1.54) is 4.90 Å². The molecule has 0 spiro atoms. The van der Waals surface area contributed by atoms with E-state index in [1.54, 1.807) is 19.1 Å². The number of esters is 1. The molecule has 20 heavy (non-hydrogen) atoms. The van der Waals surface area contributed by atoms with E-state index in [9.17, 15) is 14.9 Å². The maximum absolute atomic E-state index is 12.0. The van der Waals surface area contributed by atoms with Crippen molar-refractivity contribution < 1.29 is 14.3 Å². The summed E-state index contributed by atoms with van der Waals surface area (Å²) in [6, 6.07) is 10.9. The van der Waals surface area contributed by atoms with Crippen molar-refractivity contribution >= 4 is 32.5 Å². The summed E-state index contributed by atoms with van der Waals surface area (Å²) in [6.45, 7) is 1.88. The van der Waals surface area contributed by atoms with E-state index in [4.69, 9.17) is 4.74 Å². The molecule has 2 rings (SSSR count). The van der Waals surface area contributed by atoms with Gasteiger partial charge in [0.1, 0.15) is 0 Å². The zero-order valence-corrected chi connectivity index (χ0v) is 12.5. The number of carbonyl (C=O) groups excluding carboxylic acids is 2. The normalized spacial score (nSPS) is 16.8. The second-order valence-corrected chi connectivity index (χ2v) is 5.89. The molecule has 1 saturated heterocycles. The van der Waals surface area contributed by atoms with E-state index >= 15 is 0 Å². The summed E-state index contributed by atoms with van der Waals surface area (Å²) < 4.78 is 5.36. The van der Waals surface area contributed by atoms with E-state index in [0.717, 1.165) is 0 Å². The van der Waals surface area contributed by atoms with Crippen LogP contribution in [-0.4, -0.2) is 33.4 Å². The fourth-order valence-electron chi connectivity index (χ4n) is 1.78. The molecule has 0 N–H and O–H groups in total. The number of amides is 1. The maximum atomic E-state index is 12.0. The van der Waals surface area contributed by atoms with Crippen molar-refractivity contribution in [1.82, 2.24) is 0 Å². The van der Waals surface area contributed by atoms with Gasteiger partial charge in [0.25, 0.3) is 0 Å². The number of anilines is 1. The summed E-state index contributed by atoms with van der Waals surface area (Å²) in [4.78, 5) is 25.3. The van der Waals surface area contributed by atoms with Crippen molar-refractivity contribution in [3.63, 3.8) is 0 Å². The van der Waals surface area contributed by atoms with Gasteiger partial charge in [0.05, 0.1) is 0 Å². The van der Waals surface area contributed by atoms with Gasteiger partial charge < -0.3 is 0 Å². The summed E-state index contributed by atoms with van der Waals surface area (Å²) in [6.07, 6.45) is 0. The predicted molar refractivity (Wildman–Crippen MR) is 73.8 cm³/mol. The summed E-state index contributed by atoms with van der Waals surface area (Å²) in [5, 5.41) is 9.55. The van der Waals surface area contributed by atoms with Gasteiger partial charge >= 0.3 is 122 Å². The van der Waals surface area contributed by atoms with Crippen LogP contribution in [0.5, 0.6) is 0 Å². The van der Waals surface area contributed by atoms with Crippen LogP contribution in [0.15, 0.2) is 40.5 Å². The Morgan fingerprint density at radius 2 is 2.15 bits per heavy atom. The molecule has 102 valence electrons. The van der Waals surface area contributed by atoms with Gasteiger partial charge in [0, 0.05) is 0 Å². The summed E-state index contributed by atoms with van der Waals surface area (Å²) >= 11 is -0.231. The van der Waals surface area contributed by atoms with Crippen LogP contribution < -0.4 is 4.90 Å². The zero-order chi connectivity index (χ0) is 14.5. The number of nitrogens with zero attached hydrogens (tertiary/aromatic N) is 2. The SMILES string of the molecule is CCOC(=O)/C(C#N)=C1\[Se]CC(=O)N1c1ccccc1. The molecule has 1 aliphatic rings. The first-order chi connectivity index (χ1) is 9.69. The van der Waals surface area contributed by atoms with Crippen LogP contribution in [0.25, 0.3) is 0 Å². The van der Waals surface area contributed by atoms with Gasteiger partial charge in [-0.1, -0.05) is 0 Å². The Labute approximate surface area is 123 Å². The van der Waals surface area contributed by atoms with Gasteiger partial charge in [0.2, 0.25) is 0 Å². The molecule has 0 bridgehead atoms. The molecule has 0 unspecified atom stereocenters. The fourth-order valence-corrected chi connectivity index (χ4v) is 3.87. The van der Waals surface area contributed by atoms with Gasteiger partial charge in [-0.25, -0.2) is 0 Å². The third-order valence-electron chi connectivity index (χ3n) is 2.60. The summed E-state index contributed by atoms with van der Waals surface area (Å²) in [5.74, 6) is -0.759. The van der Waals surface area contributed by atoms with Crippen molar-refractivity contribution in [3.05, 3.63) is 40.5 Å². The number of hydrogen-bond acceptors (Lipinski definition) is 4. The van der Waals surface area contributed by atoms with Crippen molar-refractivity contribution in [2.24, 2.45) is 0 Å². The average molecular weight is 335 g/mol. The minimum atomic E-state index is -0.664. The second-order valence-electron chi connectivity index (χ2n) is 3.87. The number of para-hydroxylation sites is 1. The standard InChI is InChI=1S/C14H12N2O3Se/c1-2-19-14(18)11(8-15)13-16(12(17)9-20-13)10-6-4-3-5-7-10/h3-7H,2,9H2,1H3/b13-11-. The quantitative estimate of drug-likeness (QED) is 0.363. The number of benzene rings is 1. The molecule has 1 aliphatic heterocycles. The van der Waals surface area contributed by atoms with Crippen molar-refractivity contribution in [2.45, 2.75) is 12.2 Å². The Morgan fingerprint density at radius 1 is 1.45 bits per heavy atom. The first kappa shape index (κ1) is 14.3. The van der Waals surface area contributed by atoms with Crippen molar-refractivity contribution in [2.75, 3.05) is 11.5 Å². The fraction of sp³-hybridized carbons (Fsp3) is 0.214. The van der Waals surface area contributed by atoms with Gasteiger partial charge in [-0.05, 0) is 0 Å². The van der Waals surface area contributed by atoms with Crippen LogP contribution in [-0.2, 0) is 14.3 Å². The molecule has 0 saturated carbocycles.